The summed E-state index contributed by atoms with van der Waals surface area (Å²) >= 11 is 0. The number of benzene rings is 1. The van der Waals surface area contributed by atoms with Crippen molar-refractivity contribution in [2.75, 3.05) is 112 Å². The molecule has 1 fully saturated rings. The second kappa shape index (κ2) is 55.5. The summed E-state index contributed by atoms with van der Waals surface area (Å²) < 4.78 is 21.6. The highest BCUT2D eigenvalue weighted by Gasteiger charge is 2.27. The Morgan fingerprint density at radius 1 is 0.495 bits per heavy atom. The topological polar surface area (TPSA) is 409 Å². The lowest BCUT2D eigenvalue weighted by atomic mass is 9.82. The van der Waals surface area contributed by atoms with Crippen molar-refractivity contribution in [1.29, 1.82) is 0 Å². The van der Waals surface area contributed by atoms with Crippen molar-refractivity contribution in [3.8, 4) is 5.75 Å². The fourth-order valence-electron chi connectivity index (χ4n) is 10.7. The van der Waals surface area contributed by atoms with Crippen LogP contribution in [0, 0.1) is 11.8 Å². The molecule has 0 bridgehead atoms. The first-order valence-electron chi connectivity index (χ1n) is 34.2. The van der Waals surface area contributed by atoms with E-state index in [1.807, 2.05) is 0 Å². The van der Waals surface area contributed by atoms with Crippen molar-refractivity contribution in [3.05, 3.63) is 29.8 Å². The lowest BCUT2D eigenvalue weighted by molar-refractivity contribution is -0.140. The summed E-state index contributed by atoms with van der Waals surface area (Å²) in [5.74, 6) is -3.80. The van der Waals surface area contributed by atoms with Crippen LogP contribution in [0.2, 0.25) is 0 Å². The molecular weight excluding hydrogens is 1200 g/mol. The average Bonchev–Trinajstić information content (AvgIpc) is 3.04. The minimum absolute atomic E-state index is 0.0564. The van der Waals surface area contributed by atoms with Gasteiger partial charge in [0, 0.05) is 45.4 Å². The van der Waals surface area contributed by atoms with Crippen molar-refractivity contribution in [1.82, 2.24) is 42.7 Å². The lowest BCUT2D eigenvalue weighted by Gasteiger charge is -2.29. The maximum absolute atomic E-state index is 13.1. The summed E-state index contributed by atoms with van der Waals surface area (Å²) in [6, 6.07) is 2.78. The van der Waals surface area contributed by atoms with E-state index in [0.29, 0.717) is 56.2 Å². The maximum Gasteiger partial charge on any atom is 0.320 e. The van der Waals surface area contributed by atoms with E-state index in [-0.39, 0.29) is 134 Å². The first kappa shape index (κ1) is 83.3. The standard InChI is InChI=1S/C66H116N10O17/c1-69-54(58(78)46-74-56(43-60(67)80)59(79)47-75-57(65(68)86)42-50-26-28-53(77)29-27-50)20-17-18-32-70-62(82)48-91-40-39-90-37-34-72-63(83)49-92-41-38-89-36-33-71-61(81)31-30-55(66(87)88)73-44-51-22-24-52(25-23-51)45-76-93-35-19-15-13-11-9-7-5-3-2-4-6-8-10-12-14-16-21-64(84)85/h26-29,51-52,54-57,69,73-77H,2-25,30-49H2,1H3,(H2,67,80)(H2,68,86)(H,70,82)(H,71,81)(H,72,83)(H,84,85)(H,87,88)/t51?,52?,54-,55+,56-,57+/m0/s1. The number of aliphatic carboxylic acids is 2. The van der Waals surface area contributed by atoms with Gasteiger partial charge in [-0.1, -0.05) is 102 Å². The van der Waals surface area contributed by atoms with Crippen LogP contribution in [-0.2, 0) is 73.4 Å². The molecule has 27 nitrogen and oxygen atoms in total. The lowest BCUT2D eigenvalue weighted by Crippen LogP contribution is -2.51. The first-order chi connectivity index (χ1) is 45.0. The van der Waals surface area contributed by atoms with E-state index < -0.39 is 53.7 Å². The van der Waals surface area contributed by atoms with E-state index in [1.54, 1.807) is 19.2 Å². The Bertz CT molecular complexity index is 2210. The quantitative estimate of drug-likeness (QED) is 0.0328. The van der Waals surface area contributed by atoms with Crippen LogP contribution in [0.1, 0.15) is 179 Å². The predicted octanol–water partition coefficient (Wildman–Crippen LogP) is 3.39. The zero-order valence-corrected chi connectivity index (χ0v) is 55.6. The van der Waals surface area contributed by atoms with Crippen molar-refractivity contribution in [2.45, 2.75) is 204 Å². The minimum atomic E-state index is -1.09. The Labute approximate surface area is 551 Å². The van der Waals surface area contributed by atoms with Gasteiger partial charge in [0.05, 0.1) is 77.5 Å². The Morgan fingerprint density at radius 2 is 0.978 bits per heavy atom. The molecule has 1 aromatic carbocycles. The second-order valence-electron chi connectivity index (χ2n) is 24.2. The highest BCUT2D eigenvalue weighted by Crippen LogP contribution is 2.28. The Balaban J connectivity index is 1.37. The third kappa shape index (κ3) is 46.9. The van der Waals surface area contributed by atoms with Crippen molar-refractivity contribution >= 4 is 53.0 Å². The number of carboxylic acid groups (broad SMARTS) is 2. The van der Waals surface area contributed by atoms with Gasteiger partial charge in [0.1, 0.15) is 25.0 Å². The number of rotatable bonds is 64. The normalized spacial score (nSPS) is 15.2. The molecule has 1 aliphatic carbocycles. The van der Waals surface area contributed by atoms with E-state index in [2.05, 4.69) is 42.7 Å². The van der Waals surface area contributed by atoms with Crippen LogP contribution in [0.4, 0.5) is 0 Å². The number of nitrogens with one attached hydrogen (secondary N) is 8. The highest BCUT2D eigenvalue weighted by molar-refractivity contribution is 5.92. The van der Waals surface area contributed by atoms with Gasteiger partial charge in [0.25, 0.3) is 0 Å². The molecule has 4 atom stereocenters. The second-order valence-corrected chi connectivity index (χ2v) is 24.2. The number of likely N-dealkylation sites (N-methyl/N-ethyl adjacent to an activating group) is 1. The molecule has 0 aliphatic heterocycles. The van der Waals surface area contributed by atoms with E-state index in [0.717, 1.165) is 64.5 Å². The zero-order valence-electron chi connectivity index (χ0n) is 55.6. The average molecular weight is 1320 g/mol. The largest absolute Gasteiger partial charge is 0.508 e. The maximum atomic E-state index is 13.1. The van der Waals surface area contributed by atoms with Gasteiger partial charge in [0.15, 0.2) is 11.6 Å². The summed E-state index contributed by atoms with van der Waals surface area (Å²) in [6.07, 6.45) is 25.6. The van der Waals surface area contributed by atoms with Crippen molar-refractivity contribution in [2.24, 2.45) is 23.3 Å². The molecule has 27 heteroatoms. The van der Waals surface area contributed by atoms with Gasteiger partial charge in [-0.05, 0) is 114 Å². The van der Waals surface area contributed by atoms with Crippen LogP contribution in [-0.4, -0.2) is 205 Å². The summed E-state index contributed by atoms with van der Waals surface area (Å²) in [7, 11) is 1.63. The minimum Gasteiger partial charge on any atom is -0.508 e. The molecule has 0 unspecified atom stereocenters. The third-order valence-electron chi connectivity index (χ3n) is 16.3. The monoisotopic (exact) mass is 1320 g/mol. The number of hydroxylamine groups is 1. The van der Waals surface area contributed by atoms with Crippen LogP contribution in [0.5, 0.6) is 5.75 Å². The smallest absolute Gasteiger partial charge is 0.320 e. The molecule has 1 saturated carbocycles. The van der Waals surface area contributed by atoms with Gasteiger partial charge in [-0.2, -0.15) is 0 Å². The number of carbonyl (C=O) groups excluding carboxylic acids is 7. The summed E-state index contributed by atoms with van der Waals surface area (Å²) in [4.78, 5) is 115. The number of phenolic OH excluding ortho intramolecular Hbond substituents is 1. The molecule has 0 radical (unpaired) electrons. The number of amides is 5. The molecule has 0 spiro atoms. The molecule has 93 heavy (non-hydrogen) atoms. The molecule has 0 aromatic heterocycles. The van der Waals surface area contributed by atoms with Crippen LogP contribution >= 0.6 is 0 Å². The molecule has 1 aliphatic rings. The summed E-state index contributed by atoms with van der Waals surface area (Å²) in [5.41, 5.74) is 14.8. The number of phenols is 1. The Kier molecular flexibility index (Phi) is 49.8. The van der Waals surface area contributed by atoms with E-state index in [4.69, 9.17) is 40.4 Å². The number of ether oxygens (including phenoxy) is 4. The first-order valence-corrected chi connectivity index (χ1v) is 34.2. The number of ketones is 2. The van der Waals surface area contributed by atoms with Crippen LogP contribution < -0.4 is 54.2 Å². The SMILES string of the molecule is CN[C@@H](CCCCNC(=O)COCCOCCNC(=O)COCCOCCNC(=O)CC[C@@H](NCC1CCC(CNOCCCCCCCCCCCCCCCCCCC(=O)O)CC1)C(=O)O)C(=O)CN[C@@H](CC(N)=O)C(=O)CN[C@H](Cc1ccc(O)cc1)C(N)=O. The summed E-state index contributed by atoms with van der Waals surface area (Å²) in [6.45, 7) is 3.22. The number of carboxylic acids is 2. The molecular formula is C66H116N10O17. The number of unbranched alkanes of at least 4 members (excludes halogenated alkanes) is 16. The molecule has 532 valence electrons. The Hall–Kier alpha value is -5.75. The van der Waals surface area contributed by atoms with Crippen LogP contribution in [0.3, 0.4) is 0 Å². The zero-order chi connectivity index (χ0) is 67.9. The predicted molar refractivity (Wildman–Crippen MR) is 352 cm³/mol. The summed E-state index contributed by atoms with van der Waals surface area (Å²) in [5, 5.41) is 48.0. The van der Waals surface area contributed by atoms with E-state index in [1.165, 1.54) is 89.2 Å². The number of nitrogens with two attached hydrogens (primary N) is 2. The van der Waals surface area contributed by atoms with Gasteiger partial charge in [-0.3, -0.25) is 48.5 Å². The van der Waals surface area contributed by atoms with Gasteiger partial charge in [-0.15, -0.1) is 0 Å². The van der Waals surface area contributed by atoms with E-state index in [9.17, 15) is 53.4 Å². The van der Waals surface area contributed by atoms with Crippen molar-refractivity contribution < 1.29 is 82.3 Å². The number of hydrogen-bond acceptors (Lipinski definition) is 20. The molecule has 0 saturated heterocycles. The molecule has 5 amide bonds. The van der Waals surface area contributed by atoms with Gasteiger partial charge >= 0.3 is 11.9 Å². The fraction of sp³-hybridized carbons (Fsp3) is 0.773. The number of aromatic hydroxyl groups is 1. The molecule has 15 N–H and O–H groups in total. The molecule has 1 aromatic rings. The fourth-order valence-corrected chi connectivity index (χ4v) is 10.7. The number of carbonyl (C=O) groups is 9. The van der Waals surface area contributed by atoms with E-state index >= 15 is 0 Å². The van der Waals surface area contributed by atoms with Gasteiger partial charge in [0.2, 0.25) is 29.5 Å². The number of Topliss-reactive ketones (excluding diaryl/α,β-unsaturated/α-hetero) is 2. The van der Waals surface area contributed by atoms with Crippen molar-refractivity contribution in [3.63, 3.8) is 0 Å². The highest BCUT2D eigenvalue weighted by atomic mass is 16.6. The van der Waals surface area contributed by atoms with Gasteiger partial charge < -0.3 is 82.5 Å². The third-order valence-corrected chi connectivity index (χ3v) is 16.3. The molecule has 2 rings (SSSR count). The number of hydrogen-bond donors (Lipinski definition) is 13. The Morgan fingerprint density at radius 3 is 1.49 bits per heavy atom. The van der Waals surface area contributed by atoms with Crippen LogP contribution in [0.15, 0.2) is 24.3 Å². The van der Waals surface area contributed by atoms with Crippen LogP contribution in [0.25, 0.3) is 0 Å². The number of primary amides is 2. The molecule has 0 heterocycles. The van der Waals surface area contributed by atoms with Gasteiger partial charge in [-0.25, -0.2) is 5.48 Å².